The number of aliphatic carboxylic acids is 1. The first-order valence-electron chi connectivity index (χ1n) is 9.22. The molecule has 11 heteroatoms. The molecular weight excluding hydrogens is 417 g/mol. The third-order valence-electron chi connectivity index (χ3n) is 4.29. The molecule has 1 aromatic carbocycles. The number of para-hydroxylation sites is 1. The topological polar surface area (TPSA) is 120 Å². The van der Waals surface area contributed by atoms with Gasteiger partial charge in [-0.3, -0.25) is 14.3 Å². The fourth-order valence-corrected chi connectivity index (χ4v) is 2.76. The predicted molar refractivity (Wildman–Crippen MR) is 109 cm³/mol. The maximum Gasteiger partial charge on any atom is 0.490 e. The molecule has 0 spiro atoms. The Morgan fingerprint density at radius 1 is 1.10 bits per heavy atom. The van der Waals surface area contributed by atoms with E-state index in [0.29, 0.717) is 18.7 Å². The molecule has 0 saturated carbocycles. The average molecular weight is 440 g/mol. The largest absolute Gasteiger partial charge is 0.490 e. The second kappa shape index (κ2) is 9.21. The number of benzene rings is 1. The number of nitrogens with one attached hydrogen (secondary N) is 3. The lowest BCUT2D eigenvalue weighted by atomic mass is 10.1. The highest BCUT2D eigenvalue weighted by Crippen LogP contribution is 2.17. The molecule has 0 aliphatic carbocycles. The van der Waals surface area contributed by atoms with Gasteiger partial charge in [0.05, 0.1) is 0 Å². The molecular formula is C20H23F3N4O4. The van der Waals surface area contributed by atoms with Crippen LogP contribution >= 0.6 is 0 Å². The van der Waals surface area contributed by atoms with Crippen molar-refractivity contribution in [2.45, 2.75) is 45.6 Å². The first-order valence-corrected chi connectivity index (χ1v) is 9.22. The molecule has 4 N–H and O–H groups in total. The van der Waals surface area contributed by atoms with Crippen molar-refractivity contribution in [1.29, 1.82) is 0 Å². The number of H-pyrrole nitrogens is 2. The Balaban J connectivity index is 0.000000423. The van der Waals surface area contributed by atoms with Crippen molar-refractivity contribution in [3.63, 3.8) is 0 Å². The Kier molecular flexibility index (Phi) is 7.11. The summed E-state index contributed by atoms with van der Waals surface area (Å²) >= 11 is 0. The summed E-state index contributed by atoms with van der Waals surface area (Å²) in [6.45, 7) is 6.80. The number of halogens is 3. The maximum atomic E-state index is 12.0. The van der Waals surface area contributed by atoms with E-state index in [1.807, 2.05) is 45.2 Å². The van der Waals surface area contributed by atoms with E-state index in [4.69, 9.17) is 9.90 Å². The Morgan fingerprint density at radius 2 is 1.71 bits per heavy atom. The van der Waals surface area contributed by atoms with E-state index < -0.39 is 12.1 Å². The summed E-state index contributed by atoms with van der Waals surface area (Å²) in [6.07, 6.45) is -1.53. The monoisotopic (exact) mass is 440 g/mol. The number of aromatic nitrogens is 3. The second-order valence-electron chi connectivity index (χ2n) is 7.72. The van der Waals surface area contributed by atoms with Crippen LogP contribution in [-0.4, -0.2) is 31.8 Å². The van der Waals surface area contributed by atoms with Crippen LogP contribution in [0.5, 0.6) is 0 Å². The number of carboxylic acid groups (broad SMARTS) is 1. The van der Waals surface area contributed by atoms with Crippen LogP contribution in [0.2, 0.25) is 0 Å². The van der Waals surface area contributed by atoms with Crippen molar-refractivity contribution < 1.29 is 23.1 Å². The Morgan fingerprint density at radius 3 is 2.29 bits per heavy atom. The zero-order valence-electron chi connectivity index (χ0n) is 17.1. The van der Waals surface area contributed by atoms with Gasteiger partial charge < -0.3 is 15.4 Å². The minimum atomic E-state index is -5.08. The van der Waals surface area contributed by atoms with Crippen LogP contribution in [0.25, 0.3) is 10.9 Å². The Hall–Kier alpha value is -3.34. The smallest absolute Gasteiger partial charge is 0.475 e. The third-order valence-corrected chi connectivity index (χ3v) is 4.29. The van der Waals surface area contributed by atoms with Crippen LogP contribution in [0, 0.1) is 0 Å². The fourth-order valence-electron chi connectivity index (χ4n) is 2.76. The highest BCUT2D eigenvalue weighted by atomic mass is 19.4. The highest BCUT2D eigenvalue weighted by molar-refractivity contribution is 5.82. The fraction of sp³-hybridized carbons (Fsp3) is 0.350. The number of rotatable bonds is 4. The molecule has 3 aromatic rings. The van der Waals surface area contributed by atoms with Gasteiger partial charge in [0.2, 0.25) is 0 Å². The van der Waals surface area contributed by atoms with Crippen molar-refractivity contribution in [3.05, 3.63) is 68.6 Å². The lowest BCUT2D eigenvalue weighted by molar-refractivity contribution is -0.192. The van der Waals surface area contributed by atoms with Crippen LogP contribution in [0.3, 0.4) is 0 Å². The first kappa shape index (κ1) is 23.9. The molecule has 0 aliphatic rings. The number of hydrogen-bond donors (Lipinski definition) is 4. The highest BCUT2D eigenvalue weighted by Gasteiger charge is 2.38. The van der Waals surface area contributed by atoms with Gasteiger partial charge in [-0.05, 0) is 37.8 Å². The van der Waals surface area contributed by atoms with Gasteiger partial charge >= 0.3 is 17.8 Å². The zero-order chi connectivity index (χ0) is 23.4. The van der Waals surface area contributed by atoms with Gasteiger partial charge in [-0.15, -0.1) is 0 Å². The number of fused-ring (bicyclic) bond motifs is 1. The number of carboxylic acids is 1. The number of alkyl halides is 3. The summed E-state index contributed by atoms with van der Waals surface area (Å²) in [6, 6.07) is 8.15. The van der Waals surface area contributed by atoms with Crippen molar-refractivity contribution in [3.8, 4) is 0 Å². The van der Waals surface area contributed by atoms with Crippen molar-refractivity contribution in [1.82, 2.24) is 19.9 Å². The molecule has 0 atom stereocenters. The SMILES string of the molecule is CC(C)(C)n1cc(CNCc2cccc3cc[nH]c23)c(=O)[nH]c1=O.O=C(O)C(F)(F)F. The van der Waals surface area contributed by atoms with E-state index in [9.17, 15) is 22.8 Å². The number of nitrogens with zero attached hydrogens (tertiary/aromatic N) is 1. The molecule has 0 aliphatic heterocycles. The molecule has 2 heterocycles. The van der Waals surface area contributed by atoms with Gasteiger partial charge in [0.25, 0.3) is 5.56 Å². The molecule has 31 heavy (non-hydrogen) atoms. The summed E-state index contributed by atoms with van der Waals surface area (Å²) in [5.41, 5.74) is 1.67. The molecule has 0 radical (unpaired) electrons. The minimum Gasteiger partial charge on any atom is -0.475 e. The molecule has 8 nitrogen and oxygen atoms in total. The normalized spacial score (nSPS) is 11.8. The summed E-state index contributed by atoms with van der Waals surface area (Å²) in [4.78, 5) is 38.5. The Bertz CT molecular complexity index is 1170. The molecule has 0 saturated heterocycles. The molecule has 0 amide bonds. The maximum absolute atomic E-state index is 12.0. The quantitative estimate of drug-likeness (QED) is 0.497. The first-order chi connectivity index (χ1) is 14.3. The Labute approximate surface area is 174 Å². The lowest BCUT2D eigenvalue weighted by Gasteiger charge is -2.22. The van der Waals surface area contributed by atoms with Gasteiger partial charge in [-0.25, -0.2) is 9.59 Å². The van der Waals surface area contributed by atoms with Gasteiger partial charge in [-0.2, -0.15) is 13.2 Å². The summed E-state index contributed by atoms with van der Waals surface area (Å²) in [5, 5.41) is 11.6. The number of aromatic amines is 2. The average Bonchev–Trinajstić information content (AvgIpc) is 3.11. The summed E-state index contributed by atoms with van der Waals surface area (Å²) < 4.78 is 33.3. The molecule has 0 bridgehead atoms. The molecule has 0 unspecified atom stereocenters. The van der Waals surface area contributed by atoms with Gasteiger partial charge in [0, 0.05) is 42.1 Å². The molecule has 168 valence electrons. The van der Waals surface area contributed by atoms with E-state index in [-0.39, 0.29) is 16.8 Å². The lowest BCUT2D eigenvalue weighted by Crippen LogP contribution is -2.40. The van der Waals surface area contributed by atoms with Crippen LogP contribution in [0.4, 0.5) is 13.2 Å². The zero-order valence-corrected chi connectivity index (χ0v) is 17.1. The van der Waals surface area contributed by atoms with Crippen molar-refractivity contribution >= 4 is 16.9 Å². The second-order valence-corrected chi connectivity index (χ2v) is 7.72. The van der Waals surface area contributed by atoms with Gasteiger partial charge in [0.15, 0.2) is 0 Å². The minimum absolute atomic E-state index is 0.342. The van der Waals surface area contributed by atoms with E-state index >= 15 is 0 Å². The van der Waals surface area contributed by atoms with Crippen molar-refractivity contribution in [2.75, 3.05) is 0 Å². The predicted octanol–water partition coefficient (Wildman–Crippen LogP) is 2.70. The summed E-state index contributed by atoms with van der Waals surface area (Å²) in [7, 11) is 0. The van der Waals surface area contributed by atoms with E-state index in [0.717, 1.165) is 16.5 Å². The molecule has 3 rings (SSSR count). The van der Waals surface area contributed by atoms with Crippen LogP contribution < -0.4 is 16.6 Å². The van der Waals surface area contributed by atoms with E-state index in [1.54, 1.807) is 10.8 Å². The van der Waals surface area contributed by atoms with Crippen LogP contribution in [0.1, 0.15) is 31.9 Å². The van der Waals surface area contributed by atoms with Crippen molar-refractivity contribution in [2.24, 2.45) is 0 Å². The van der Waals surface area contributed by atoms with Crippen LogP contribution in [-0.2, 0) is 23.4 Å². The number of carbonyl (C=O) groups is 1. The third kappa shape index (κ3) is 6.32. The standard InChI is InChI=1S/C18H22N4O2.C2HF3O2/c1-18(2,3)22-11-14(16(23)21-17(22)24)10-19-9-13-6-4-5-12-7-8-20-15(12)13;3-2(4,5)1(6)7/h4-8,11,19-20H,9-10H2,1-3H3,(H,21,23,24);(H,6,7). The van der Waals surface area contributed by atoms with Gasteiger partial charge in [-0.1, -0.05) is 18.2 Å². The molecule has 2 aromatic heterocycles. The van der Waals surface area contributed by atoms with E-state index in [1.165, 1.54) is 0 Å². The van der Waals surface area contributed by atoms with Gasteiger partial charge in [0.1, 0.15) is 0 Å². The molecule has 0 fully saturated rings. The summed E-state index contributed by atoms with van der Waals surface area (Å²) in [5.74, 6) is -2.76. The van der Waals surface area contributed by atoms with E-state index in [2.05, 4.69) is 21.4 Å². The number of hydrogen-bond acceptors (Lipinski definition) is 4. The van der Waals surface area contributed by atoms with Crippen LogP contribution in [0.15, 0.2) is 46.2 Å².